The number of nitrogens with zero attached hydrogens (tertiary/aromatic N) is 1. The van der Waals surface area contributed by atoms with Crippen LogP contribution in [0.5, 0.6) is 0 Å². The van der Waals surface area contributed by atoms with Crippen LogP contribution in [0.4, 0.5) is 5.69 Å². The summed E-state index contributed by atoms with van der Waals surface area (Å²) >= 11 is 0. The fourth-order valence-electron chi connectivity index (χ4n) is 1.79. The van der Waals surface area contributed by atoms with E-state index in [0.717, 1.165) is 17.0 Å². The minimum Gasteiger partial charge on any atom is -0.360 e. The smallest absolute Gasteiger partial charge is 0.221 e. The van der Waals surface area contributed by atoms with Crippen molar-refractivity contribution in [1.29, 1.82) is 0 Å². The summed E-state index contributed by atoms with van der Waals surface area (Å²) in [7, 11) is 0. The highest BCUT2D eigenvalue weighted by atomic mass is 16.5. The van der Waals surface area contributed by atoms with Crippen LogP contribution in [0.15, 0.2) is 41.1 Å². The van der Waals surface area contributed by atoms with Gasteiger partial charge in [0.05, 0.1) is 12.7 Å². The molecule has 0 bridgehead atoms. The van der Waals surface area contributed by atoms with E-state index < -0.39 is 0 Å². The summed E-state index contributed by atoms with van der Waals surface area (Å²) < 4.78 is 5.03. The van der Waals surface area contributed by atoms with Gasteiger partial charge in [-0.3, -0.25) is 4.79 Å². The van der Waals surface area contributed by atoms with E-state index >= 15 is 0 Å². The Morgan fingerprint density at radius 1 is 1.42 bits per heavy atom. The number of hydrogen-bond acceptors (Lipinski definition) is 4. The number of benzene rings is 1. The molecule has 0 aliphatic carbocycles. The molecule has 2 aromatic rings. The standard InChI is InChI=1S/C14H17N3O2/c1-10(15-9-14-6-7-16-19-14)12-4-3-5-13(8-12)17-11(2)18/h3-8,10,15H,9H2,1-2H3,(H,17,18). The third kappa shape index (κ3) is 3.93. The summed E-state index contributed by atoms with van der Waals surface area (Å²) in [5.74, 6) is 0.726. The zero-order chi connectivity index (χ0) is 13.7. The van der Waals surface area contributed by atoms with Crippen LogP contribution in [-0.4, -0.2) is 11.1 Å². The van der Waals surface area contributed by atoms with Crippen molar-refractivity contribution in [3.05, 3.63) is 47.9 Å². The van der Waals surface area contributed by atoms with Crippen molar-refractivity contribution in [3.8, 4) is 0 Å². The lowest BCUT2D eigenvalue weighted by Crippen LogP contribution is -2.18. The molecular formula is C14H17N3O2. The first kappa shape index (κ1) is 13.3. The predicted molar refractivity (Wildman–Crippen MR) is 72.5 cm³/mol. The second kappa shape index (κ2) is 6.15. The molecule has 0 radical (unpaired) electrons. The molecule has 0 aliphatic heterocycles. The van der Waals surface area contributed by atoms with Gasteiger partial charge in [0.15, 0.2) is 0 Å². The topological polar surface area (TPSA) is 67.2 Å². The highest BCUT2D eigenvalue weighted by Gasteiger charge is 2.07. The van der Waals surface area contributed by atoms with Crippen LogP contribution in [0.25, 0.3) is 0 Å². The van der Waals surface area contributed by atoms with Crippen LogP contribution in [0.1, 0.15) is 31.2 Å². The normalized spacial score (nSPS) is 12.1. The summed E-state index contributed by atoms with van der Waals surface area (Å²) in [5, 5.41) is 9.77. The van der Waals surface area contributed by atoms with Crippen LogP contribution in [0, 0.1) is 0 Å². The van der Waals surface area contributed by atoms with Gasteiger partial charge in [-0.2, -0.15) is 0 Å². The van der Waals surface area contributed by atoms with Gasteiger partial charge in [0, 0.05) is 24.7 Å². The molecule has 0 saturated carbocycles. The Hall–Kier alpha value is -2.14. The van der Waals surface area contributed by atoms with Gasteiger partial charge in [0.2, 0.25) is 5.91 Å². The number of rotatable bonds is 5. The Morgan fingerprint density at radius 3 is 2.95 bits per heavy atom. The lowest BCUT2D eigenvalue weighted by Gasteiger charge is -2.14. The molecule has 1 aromatic heterocycles. The SMILES string of the molecule is CC(=O)Nc1cccc(C(C)NCc2ccno2)c1. The quantitative estimate of drug-likeness (QED) is 0.865. The van der Waals surface area contributed by atoms with Gasteiger partial charge in [-0.05, 0) is 24.6 Å². The van der Waals surface area contributed by atoms with Gasteiger partial charge in [-0.15, -0.1) is 0 Å². The van der Waals surface area contributed by atoms with Gasteiger partial charge in [-0.25, -0.2) is 0 Å². The molecule has 1 atom stereocenters. The fraction of sp³-hybridized carbons (Fsp3) is 0.286. The predicted octanol–water partition coefficient (Wildman–Crippen LogP) is 2.48. The first-order chi connectivity index (χ1) is 9.15. The number of nitrogens with one attached hydrogen (secondary N) is 2. The van der Waals surface area contributed by atoms with Crippen molar-refractivity contribution in [2.24, 2.45) is 0 Å². The lowest BCUT2D eigenvalue weighted by atomic mass is 10.1. The molecule has 19 heavy (non-hydrogen) atoms. The summed E-state index contributed by atoms with van der Waals surface area (Å²) in [6.45, 7) is 4.17. The number of amides is 1. The molecule has 2 N–H and O–H groups in total. The third-order valence-electron chi connectivity index (χ3n) is 2.78. The van der Waals surface area contributed by atoms with Crippen LogP contribution in [-0.2, 0) is 11.3 Å². The first-order valence-electron chi connectivity index (χ1n) is 6.15. The monoisotopic (exact) mass is 259 g/mol. The van der Waals surface area contributed by atoms with Crippen molar-refractivity contribution in [3.63, 3.8) is 0 Å². The minimum absolute atomic E-state index is 0.0700. The number of carbonyl (C=O) groups is 1. The van der Waals surface area contributed by atoms with Crippen LogP contribution in [0.2, 0.25) is 0 Å². The average Bonchev–Trinajstić information content (AvgIpc) is 2.88. The molecule has 5 heteroatoms. The Bertz CT molecular complexity index is 537. The Balaban J connectivity index is 1.98. The maximum atomic E-state index is 11.0. The molecule has 0 saturated heterocycles. The van der Waals surface area contributed by atoms with Crippen molar-refractivity contribution in [2.75, 3.05) is 5.32 Å². The maximum Gasteiger partial charge on any atom is 0.221 e. The molecule has 1 heterocycles. The maximum absolute atomic E-state index is 11.0. The van der Waals surface area contributed by atoms with E-state index in [9.17, 15) is 4.79 Å². The van der Waals surface area contributed by atoms with Gasteiger partial charge < -0.3 is 15.2 Å². The van der Waals surface area contributed by atoms with Crippen molar-refractivity contribution in [1.82, 2.24) is 10.5 Å². The molecule has 0 aliphatic rings. The molecule has 100 valence electrons. The van der Waals surface area contributed by atoms with Crippen LogP contribution >= 0.6 is 0 Å². The van der Waals surface area contributed by atoms with Gasteiger partial charge >= 0.3 is 0 Å². The Labute approximate surface area is 112 Å². The van der Waals surface area contributed by atoms with E-state index in [1.807, 2.05) is 30.3 Å². The molecule has 0 spiro atoms. The molecular weight excluding hydrogens is 242 g/mol. The number of aromatic nitrogens is 1. The fourth-order valence-corrected chi connectivity index (χ4v) is 1.79. The van der Waals surface area contributed by atoms with E-state index in [2.05, 4.69) is 22.7 Å². The van der Waals surface area contributed by atoms with E-state index in [-0.39, 0.29) is 11.9 Å². The van der Waals surface area contributed by atoms with E-state index in [0.29, 0.717) is 6.54 Å². The van der Waals surface area contributed by atoms with E-state index in [4.69, 9.17) is 4.52 Å². The molecule has 0 fully saturated rings. The summed E-state index contributed by atoms with van der Waals surface area (Å²) in [5.41, 5.74) is 1.91. The van der Waals surface area contributed by atoms with E-state index in [1.165, 1.54) is 6.92 Å². The first-order valence-corrected chi connectivity index (χ1v) is 6.15. The second-order valence-corrected chi connectivity index (χ2v) is 4.39. The molecule has 5 nitrogen and oxygen atoms in total. The van der Waals surface area contributed by atoms with Gasteiger partial charge in [-0.1, -0.05) is 17.3 Å². The number of hydrogen-bond donors (Lipinski definition) is 2. The zero-order valence-electron chi connectivity index (χ0n) is 11.0. The second-order valence-electron chi connectivity index (χ2n) is 4.39. The molecule has 1 unspecified atom stereocenters. The average molecular weight is 259 g/mol. The highest BCUT2D eigenvalue weighted by Crippen LogP contribution is 2.17. The van der Waals surface area contributed by atoms with Crippen molar-refractivity contribution < 1.29 is 9.32 Å². The minimum atomic E-state index is -0.0700. The van der Waals surface area contributed by atoms with E-state index in [1.54, 1.807) is 6.20 Å². The van der Waals surface area contributed by atoms with Gasteiger partial charge in [0.25, 0.3) is 0 Å². The summed E-state index contributed by atoms with van der Waals surface area (Å²) in [6.07, 6.45) is 1.62. The zero-order valence-corrected chi connectivity index (χ0v) is 11.0. The molecule has 2 rings (SSSR count). The summed E-state index contributed by atoms with van der Waals surface area (Å²) in [4.78, 5) is 11.0. The number of anilines is 1. The summed E-state index contributed by atoms with van der Waals surface area (Å²) in [6, 6.07) is 9.75. The Kier molecular flexibility index (Phi) is 4.30. The van der Waals surface area contributed by atoms with Crippen LogP contribution < -0.4 is 10.6 Å². The van der Waals surface area contributed by atoms with Gasteiger partial charge in [0.1, 0.15) is 5.76 Å². The molecule has 1 amide bonds. The van der Waals surface area contributed by atoms with Crippen LogP contribution in [0.3, 0.4) is 0 Å². The largest absolute Gasteiger partial charge is 0.360 e. The molecule has 1 aromatic carbocycles. The number of carbonyl (C=O) groups excluding carboxylic acids is 1. The van der Waals surface area contributed by atoms with Crippen molar-refractivity contribution in [2.45, 2.75) is 26.4 Å². The Morgan fingerprint density at radius 2 is 2.26 bits per heavy atom. The lowest BCUT2D eigenvalue weighted by molar-refractivity contribution is -0.114. The highest BCUT2D eigenvalue weighted by molar-refractivity contribution is 5.88. The van der Waals surface area contributed by atoms with Crippen molar-refractivity contribution >= 4 is 11.6 Å². The third-order valence-corrected chi connectivity index (χ3v) is 2.78.